The fraction of sp³-hybridized carbons (Fsp3) is 0.138. The van der Waals surface area contributed by atoms with Gasteiger partial charge in [-0.1, -0.05) is 29.4 Å². The van der Waals surface area contributed by atoms with E-state index in [1.807, 2.05) is 90.5 Å². The van der Waals surface area contributed by atoms with Crippen LogP contribution in [0.5, 0.6) is 11.5 Å². The Balaban J connectivity index is 1.23. The standard InChI is InChI=1S/C29H25N5O3/c1-19-5-3-6-23(15-19)36-18-25-24-13-10-21(16-27(24)37-33-25)31-29-28-26(7-4-14-30-28)34(32-29)17-20-8-11-22(35-2)12-9-20/h3-16H,17-18H2,1-2H3,(H,31,32). The van der Waals surface area contributed by atoms with Crippen LogP contribution in [0.2, 0.25) is 0 Å². The summed E-state index contributed by atoms with van der Waals surface area (Å²) in [4.78, 5) is 4.57. The summed E-state index contributed by atoms with van der Waals surface area (Å²) in [7, 11) is 1.66. The van der Waals surface area contributed by atoms with Gasteiger partial charge in [0.2, 0.25) is 0 Å². The van der Waals surface area contributed by atoms with Gasteiger partial charge in [-0.3, -0.25) is 9.67 Å². The molecular weight excluding hydrogens is 466 g/mol. The average molecular weight is 492 g/mol. The summed E-state index contributed by atoms with van der Waals surface area (Å²) in [6.07, 6.45) is 1.77. The lowest BCUT2D eigenvalue weighted by atomic mass is 10.2. The van der Waals surface area contributed by atoms with Gasteiger partial charge in [0, 0.05) is 23.3 Å². The van der Waals surface area contributed by atoms with Crippen molar-refractivity contribution >= 4 is 33.5 Å². The van der Waals surface area contributed by atoms with Crippen LogP contribution in [-0.4, -0.2) is 27.0 Å². The van der Waals surface area contributed by atoms with Gasteiger partial charge < -0.3 is 19.3 Å². The summed E-state index contributed by atoms with van der Waals surface area (Å²) in [5.74, 6) is 2.30. The van der Waals surface area contributed by atoms with Crippen molar-refractivity contribution in [2.75, 3.05) is 12.4 Å². The first-order valence-corrected chi connectivity index (χ1v) is 12.0. The first-order valence-electron chi connectivity index (χ1n) is 12.0. The van der Waals surface area contributed by atoms with E-state index in [2.05, 4.69) is 15.5 Å². The van der Waals surface area contributed by atoms with Gasteiger partial charge in [-0.05, 0) is 66.6 Å². The quantitative estimate of drug-likeness (QED) is 0.269. The molecule has 3 aromatic heterocycles. The predicted octanol–water partition coefficient (Wildman–Crippen LogP) is 6.26. The molecule has 8 heteroatoms. The SMILES string of the molecule is COc1ccc(Cn2nc(Nc3ccc4c(COc5cccc(C)c5)noc4c3)c3ncccc32)cc1. The van der Waals surface area contributed by atoms with Crippen molar-refractivity contribution < 1.29 is 14.0 Å². The molecule has 0 amide bonds. The van der Waals surface area contributed by atoms with Crippen LogP contribution in [0.3, 0.4) is 0 Å². The van der Waals surface area contributed by atoms with Crippen LogP contribution in [0.1, 0.15) is 16.8 Å². The Hall–Kier alpha value is -4.85. The van der Waals surface area contributed by atoms with Crippen molar-refractivity contribution in [2.45, 2.75) is 20.1 Å². The van der Waals surface area contributed by atoms with Crippen molar-refractivity contribution in [1.29, 1.82) is 0 Å². The molecule has 3 aromatic carbocycles. The fourth-order valence-electron chi connectivity index (χ4n) is 4.28. The second-order valence-corrected chi connectivity index (χ2v) is 8.80. The maximum Gasteiger partial charge on any atom is 0.179 e. The Bertz CT molecular complexity index is 1690. The normalized spacial score (nSPS) is 11.2. The lowest BCUT2D eigenvalue weighted by molar-refractivity contribution is 0.292. The van der Waals surface area contributed by atoms with Gasteiger partial charge in [0.1, 0.15) is 29.3 Å². The largest absolute Gasteiger partial charge is 0.497 e. The van der Waals surface area contributed by atoms with Gasteiger partial charge in [0.15, 0.2) is 11.4 Å². The smallest absolute Gasteiger partial charge is 0.179 e. The Morgan fingerprint density at radius 1 is 0.946 bits per heavy atom. The maximum atomic E-state index is 5.91. The number of ether oxygens (including phenoxy) is 2. The Morgan fingerprint density at radius 3 is 2.68 bits per heavy atom. The maximum absolute atomic E-state index is 5.91. The van der Waals surface area contributed by atoms with Crippen molar-refractivity contribution in [2.24, 2.45) is 0 Å². The molecule has 6 aromatic rings. The summed E-state index contributed by atoms with van der Waals surface area (Å²) in [6, 6.07) is 25.7. The van der Waals surface area contributed by atoms with E-state index in [0.29, 0.717) is 24.6 Å². The molecule has 0 spiro atoms. The molecule has 3 heterocycles. The van der Waals surface area contributed by atoms with Gasteiger partial charge in [-0.25, -0.2) is 0 Å². The molecule has 0 unspecified atom stereocenters. The van der Waals surface area contributed by atoms with Gasteiger partial charge in [0.05, 0.1) is 19.2 Å². The first-order chi connectivity index (χ1) is 18.2. The van der Waals surface area contributed by atoms with Gasteiger partial charge in [-0.2, -0.15) is 5.10 Å². The number of hydrogen-bond acceptors (Lipinski definition) is 7. The van der Waals surface area contributed by atoms with Crippen LogP contribution in [0.15, 0.2) is 89.6 Å². The molecule has 0 fully saturated rings. The molecule has 8 nitrogen and oxygen atoms in total. The number of benzene rings is 3. The predicted molar refractivity (Wildman–Crippen MR) is 142 cm³/mol. The van der Waals surface area contributed by atoms with Gasteiger partial charge >= 0.3 is 0 Å². The van der Waals surface area contributed by atoms with E-state index < -0.39 is 0 Å². The summed E-state index contributed by atoms with van der Waals surface area (Å²) in [5.41, 5.74) is 6.24. The summed E-state index contributed by atoms with van der Waals surface area (Å²) in [6.45, 7) is 2.97. The number of hydrogen-bond donors (Lipinski definition) is 1. The third kappa shape index (κ3) is 4.69. The van der Waals surface area contributed by atoms with Gasteiger partial charge in [0.25, 0.3) is 0 Å². The second kappa shape index (κ2) is 9.66. The monoisotopic (exact) mass is 491 g/mol. The Morgan fingerprint density at radius 2 is 1.84 bits per heavy atom. The molecule has 1 N–H and O–H groups in total. The van der Waals surface area contributed by atoms with E-state index in [-0.39, 0.29) is 0 Å². The van der Waals surface area contributed by atoms with Crippen LogP contribution < -0.4 is 14.8 Å². The van der Waals surface area contributed by atoms with Crippen LogP contribution >= 0.6 is 0 Å². The van der Waals surface area contributed by atoms with Crippen LogP contribution in [0.4, 0.5) is 11.5 Å². The van der Waals surface area contributed by atoms with E-state index in [1.54, 1.807) is 13.3 Å². The minimum atomic E-state index is 0.327. The topological polar surface area (TPSA) is 87.2 Å². The number of aromatic nitrogens is 4. The highest BCUT2D eigenvalue weighted by Gasteiger charge is 2.14. The van der Waals surface area contributed by atoms with Crippen LogP contribution in [0.25, 0.3) is 22.0 Å². The number of nitrogens with zero attached hydrogens (tertiary/aromatic N) is 4. The molecule has 0 aliphatic heterocycles. The third-order valence-corrected chi connectivity index (χ3v) is 6.18. The van der Waals surface area contributed by atoms with Crippen molar-refractivity contribution in [3.8, 4) is 11.5 Å². The van der Waals surface area contributed by atoms with E-state index >= 15 is 0 Å². The number of anilines is 2. The van der Waals surface area contributed by atoms with Crippen molar-refractivity contribution in [3.63, 3.8) is 0 Å². The van der Waals surface area contributed by atoms with Crippen LogP contribution in [0, 0.1) is 6.92 Å². The zero-order valence-corrected chi connectivity index (χ0v) is 20.5. The number of aryl methyl sites for hydroxylation is 1. The minimum absolute atomic E-state index is 0.327. The van der Waals surface area contributed by atoms with E-state index in [0.717, 1.165) is 50.4 Å². The molecule has 0 radical (unpaired) electrons. The molecular formula is C29H25N5O3. The highest BCUT2D eigenvalue weighted by atomic mass is 16.5. The molecule has 0 atom stereocenters. The molecule has 0 aliphatic carbocycles. The number of fused-ring (bicyclic) bond motifs is 2. The van der Waals surface area contributed by atoms with E-state index in [1.165, 1.54) is 0 Å². The van der Waals surface area contributed by atoms with E-state index in [4.69, 9.17) is 19.1 Å². The fourth-order valence-corrected chi connectivity index (χ4v) is 4.28. The highest BCUT2D eigenvalue weighted by Crippen LogP contribution is 2.28. The molecule has 0 saturated carbocycles. The number of methoxy groups -OCH3 is 1. The van der Waals surface area contributed by atoms with Crippen molar-refractivity contribution in [1.82, 2.24) is 19.9 Å². The minimum Gasteiger partial charge on any atom is -0.497 e. The molecule has 184 valence electrons. The van der Waals surface area contributed by atoms with E-state index in [9.17, 15) is 0 Å². The summed E-state index contributed by atoms with van der Waals surface area (Å²) in [5, 5.41) is 13.4. The second-order valence-electron chi connectivity index (χ2n) is 8.80. The summed E-state index contributed by atoms with van der Waals surface area (Å²) < 4.78 is 18.7. The molecule has 0 aliphatic rings. The lowest BCUT2D eigenvalue weighted by Crippen LogP contribution is -2.02. The Labute approximate surface area is 213 Å². The molecule has 6 rings (SSSR count). The lowest BCUT2D eigenvalue weighted by Gasteiger charge is -2.06. The first kappa shape index (κ1) is 22.6. The highest BCUT2D eigenvalue weighted by molar-refractivity contribution is 5.90. The van der Waals surface area contributed by atoms with Crippen molar-refractivity contribution in [3.05, 3.63) is 102 Å². The summed E-state index contributed by atoms with van der Waals surface area (Å²) >= 11 is 0. The third-order valence-electron chi connectivity index (χ3n) is 6.18. The number of nitrogens with one attached hydrogen (secondary N) is 1. The van der Waals surface area contributed by atoms with Crippen LogP contribution in [-0.2, 0) is 13.2 Å². The molecule has 0 saturated heterocycles. The zero-order chi connectivity index (χ0) is 25.2. The zero-order valence-electron chi connectivity index (χ0n) is 20.5. The Kier molecular flexibility index (Phi) is 5.90. The number of pyridine rings is 1. The molecule has 0 bridgehead atoms. The molecule has 37 heavy (non-hydrogen) atoms. The average Bonchev–Trinajstić information content (AvgIpc) is 3.49. The number of rotatable bonds is 8. The van der Waals surface area contributed by atoms with Gasteiger partial charge in [-0.15, -0.1) is 0 Å².